The van der Waals surface area contributed by atoms with Gasteiger partial charge in [0.2, 0.25) is 0 Å². The third-order valence-corrected chi connectivity index (χ3v) is 7.79. The fourth-order valence-corrected chi connectivity index (χ4v) is 6.31. The quantitative estimate of drug-likeness (QED) is 0.228. The van der Waals surface area contributed by atoms with Crippen LogP contribution in [0.3, 0.4) is 0 Å². The van der Waals surface area contributed by atoms with E-state index in [-0.39, 0.29) is 30.5 Å². The molecule has 3 aromatic rings. The summed E-state index contributed by atoms with van der Waals surface area (Å²) in [5, 5.41) is 8.96. The van der Waals surface area contributed by atoms with Crippen LogP contribution >= 0.6 is 33.9 Å². The van der Waals surface area contributed by atoms with E-state index in [4.69, 9.17) is 24.2 Å². The molecule has 0 N–H and O–H groups in total. The lowest BCUT2D eigenvalue weighted by atomic mass is 9.95. The first kappa shape index (κ1) is 30.3. The number of nitrogens with zero attached hydrogens (tertiary/aromatic N) is 3. The second-order valence-electron chi connectivity index (χ2n) is 9.22. The van der Waals surface area contributed by atoms with E-state index in [1.807, 2.05) is 57.2 Å². The second kappa shape index (κ2) is 13.4. The maximum atomic E-state index is 14.0. The van der Waals surface area contributed by atoms with Gasteiger partial charge in [-0.3, -0.25) is 9.36 Å². The average molecular weight is 688 g/mol. The topological polar surface area (TPSA) is 112 Å². The lowest BCUT2D eigenvalue weighted by molar-refractivity contribution is -0.139. The highest BCUT2D eigenvalue weighted by Gasteiger charge is 2.35. The van der Waals surface area contributed by atoms with E-state index in [1.54, 1.807) is 26.0 Å². The molecule has 2 heterocycles. The molecule has 0 saturated heterocycles. The number of carbonyl (C=O) groups is 1. The smallest absolute Gasteiger partial charge is 0.338 e. The minimum atomic E-state index is -0.789. The summed E-state index contributed by atoms with van der Waals surface area (Å²) in [7, 11) is 0. The summed E-state index contributed by atoms with van der Waals surface area (Å²) in [5.74, 6) is 0.995. The van der Waals surface area contributed by atoms with Gasteiger partial charge in [0.05, 0.1) is 38.7 Å². The molecule has 11 heteroatoms. The summed E-state index contributed by atoms with van der Waals surface area (Å²) in [4.78, 5) is 32.4. The van der Waals surface area contributed by atoms with Crippen molar-refractivity contribution in [2.75, 3.05) is 19.8 Å². The normalized spacial score (nSPS) is 14.8. The van der Waals surface area contributed by atoms with Crippen LogP contribution in [0.1, 0.15) is 51.8 Å². The number of allylic oxidation sites excluding steroid dienone is 1. The fourth-order valence-electron chi connectivity index (χ4n) is 4.48. The Balaban J connectivity index is 1.94. The summed E-state index contributed by atoms with van der Waals surface area (Å²) in [5.41, 5.74) is 1.85. The summed E-state index contributed by atoms with van der Waals surface area (Å²) in [6, 6.07) is 12.2. The van der Waals surface area contributed by atoms with Crippen molar-refractivity contribution in [3.63, 3.8) is 0 Å². The van der Waals surface area contributed by atoms with Crippen LogP contribution in [0.5, 0.6) is 17.2 Å². The number of ether oxygens (including phenoxy) is 4. The third-order valence-electron chi connectivity index (χ3n) is 6.00. The highest BCUT2D eigenvalue weighted by Crippen LogP contribution is 2.37. The zero-order valence-corrected chi connectivity index (χ0v) is 26.4. The van der Waals surface area contributed by atoms with Gasteiger partial charge in [-0.2, -0.15) is 5.26 Å². The molecule has 1 aliphatic heterocycles. The molecule has 214 valence electrons. The second-order valence-corrected chi connectivity index (χ2v) is 11.4. The number of fused-ring (bicyclic) bond motifs is 1. The van der Waals surface area contributed by atoms with E-state index in [2.05, 4.69) is 27.6 Å². The van der Waals surface area contributed by atoms with Gasteiger partial charge < -0.3 is 18.9 Å². The number of hydrogen-bond acceptors (Lipinski definition) is 9. The number of benzene rings is 2. The van der Waals surface area contributed by atoms with E-state index in [9.17, 15) is 9.59 Å². The van der Waals surface area contributed by atoms with Gasteiger partial charge in [-0.05, 0) is 87.0 Å². The van der Waals surface area contributed by atoms with Crippen LogP contribution in [-0.2, 0) is 9.53 Å². The monoisotopic (exact) mass is 687 g/mol. The van der Waals surface area contributed by atoms with E-state index in [1.165, 1.54) is 15.9 Å². The predicted molar refractivity (Wildman–Crippen MR) is 164 cm³/mol. The van der Waals surface area contributed by atoms with Crippen LogP contribution in [0, 0.1) is 14.9 Å². The highest BCUT2D eigenvalue weighted by atomic mass is 127. The summed E-state index contributed by atoms with van der Waals surface area (Å²) in [6.45, 7) is 9.66. The molecule has 0 spiro atoms. The third kappa shape index (κ3) is 6.49. The van der Waals surface area contributed by atoms with E-state index < -0.39 is 12.0 Å². The van der Waals surface area contributed by atoms with Crippen molar-refractivity contribution in [3.8, 4) is 23.3 Å². The zero-order chi connectivity index (χ0) is 29.7. The van der Waals surface area contributed by atoms with Gasteiger partial charge in [0, 0.05) is 5.56 Å². The Morgan fingerprint density at radius 3 is 2.63 bits per heavy atom. The van der Waals surface area contributed by atoms with Gasteiger partial charge in [0.15, 0.2) is 22.9 Å². The standard InChI is InChI=1S/C30H30IN3O6S/c1-6-37-23-15-19(14-21(31)27(23)39-13-12-32)16-24-28(35)34-26(20-10-8-9-11-22(20)40-17(3)4)25(29(36)38-7-2)18(5)33-30(34)41-24/h8-11,14-17,26H,6-7,13H2,1-5H3/b24-16+/t26-/m1/s1. The van der Waals surface area contributed by atoms with Crippen LogP contribution in [0.4, 0.5) is 0 Å². The van der Waals surface area contributed by atoms with Crippen molar-refractivity contribution in [1.82, 2.24) is 4.57 Å². The molecule has 1 aromatic heterocycles. The highest BCUT2D eigenvalue weighted by molar-refractivity contribution is 14.1. The number of esters is 1. The van der Waals surface area contributed by atoms with Crippen LogP contribution in [0.15, 0.2) is 57.5 Å². The number of nitriles is 1. The number of halogens is 1. The molecule has 0 amide bonds. The van der Waals surface area contributed by atoms with Crippen molar-refractivity contribution in [1.29, 1.82) is 5.26 Å². The Hall–Kier alpha value is -3.63. The van der Waals surface area contributed by atoms with Crippen molar-refractivity contribution >= 4 is 46.0 Å². The lowest BCUT2D eigenvalue weighted by Gasteiger charge is -2.26. The molecule has 0 aliphatic carbocycles. The van der Waals surface area contributed by atoms with Crippen molar-refractivity contribution in [2.24, 2.45) is 4.99 Å². The first-order chi connectivity index (χ1) is 19.7. The van der Waals surface area contributed by atoms with E-state index in [0.717, 1.165) is 3.57 Å². The number of para-hydroxylation sites is 1. The largest absolute Gasteiger partial charge is 0.491 e. The van der Waals surface area contributed by atoms with Gasteiger partial charge >= 0.3 is 5.97 Å². The minimum absolute atomic E-state index is 0.113. The Labute approximate surface area is 255 Å². The molecule has 0 bridgehead atoms. The Morgan fingerprint density at radius 1 is 1.20 bits per heavy atom. The fraction of sp³-hybridized carbons (Fsp3) is 0.333. The molecule has 0 fully saturated rings. The first-order valence-electron chi connectivity index (χ1n) is 13.1. The number of rotatable bonds is 10. The van der Waals surface area contributed by atoms with Crippen LogP contribution < -0.4 is 29.1 Å². The van der Waals surface area contributed by atoms with Crippen molar-refractivity contribution in [2.45, 2.75) is 46.8 Å². The Bertz CT molecular complexity index is 1720. The molecule has 9 nitrogen and oxygen atoms in total. The maximum absolute atomic E-state index is 14.0. The van der Waals surface area contributed by atoms with Crippen LogP contribution in [0.25, 0.3) is 6.08 Å². The van der Waals surface area contributed by atoms with Crippen LogP contribution in [-0.4, -0.2) is 36.5 Å². The molecular formula is C30H30IN3O6S. The van der Waals surface area contributed by atoms with Crippen LogP contribution in [0.2, 0.25) is 0 Å². The van der Waals surface area contributed by atoms with Gasteiger partial charge in [-0.25, -0.2) is 9.79 Å². The summed E-state index contributed by atoms with van der Waals surface area (Å²) in [6.07, 6.45) is 1.64. The van der Waals surface area contributed by atoms with Gasteiger partial charge in [-0.15, -0.1) is 0 Å². The molecule has 2 aromatic carbocycles. The molecule has 0 saturated carbocycles. The number of hydrogen-bond donors (Lipinski definition) is 0. The molecular weight excluding hydrogens is 657 g/mol. The summed E-state index contributed by atoms with van der Waals surface area (Å²) >= 11 is 3.35. The number of carbonyl (C=O) groups excluding carboxylic acids is 1. The van der Waals surface area contributed by atoms with Gasteiger partial charge in [0.25, 0.3) is 5.56 Å². The maximum Gasteiger partial charge on any atom is 0.338 e. The molecule has 1 aliphatic rings. The predicted octanol–water partition coefficient (Wildman–Crippen LogP) is 4.49. The average Bonchev–Trinajstić information content (AvgIpc) is 3.22. The van der Waals surface area contributed by atoms with Gasteiger partial charge in [-0.1, -0.05) is 29.5 Å². The SMILES string of the molecule is CCOC(=O)C1=C(C)N=c2s/c(=C/c3cc(I)c(OCC#N)c(OCC)c3)c(=O)n2[C@@H]1c1ccccc1OC(C)C. The van der Waals surface area contributed by atoms with Crippen molar-refractivity contribution in [3.05, 3.63) is 82.1 Å². The van der Waals surface area contributed by atoms with Gasteiger partial charge in [0.1, 0.15) is 17.9 Å². The van der Waals surface area contributed by atoms with E-state index in [0.29, 0.717) is 50.0 Å². The number of aromatic nitrogens is 1. The molecule has 4 rings (SSSR count). The minimum Gasteiger partial charge on any atom is -0.491 e. The Kier molecular flexibility index (Phi) is 9.88. The lowest BCUT2D eigenvalue weighted by Crippen LogP contribution is -2.40. The Morgan fingerprint density at radius 2 is 1.95 bits per heavy atom. The summed E-state index contributed by atoms with van der Waals surface area (Å²) < 4.78 is 25.6. The molecule has 41 heavy (non-hydrogen) atoms. The first-order valence-corrected chi connectivity index (χ1v) is 15.0. The number of thiazole rings is 1. The molecule has 1 atom stereocenters. The molecule has 0 unspecified atom stereocenters. The zero-order valence-electron chi connectivity index (χ0n) is 23.4. The van der Waals surface area contributed by atoms with Crippen molar-refractivity contribution < 1.29 is 23.7 Å². The van der Waals surface area contributed by atoms with E-state index >= 15 is 0 Å². The molecule has 0 radical (unpaired) electrons.